The molecule has 0 saturated carbocycles. The van der Waals surface area contributed by atoms with Crippen LogP contribution in [-0.2, 0) is 9.53 Å². The highest BCUT2D eigenvalue weighted by molar-refractivity contribution is 5.77. The van der Waals surface area contributed by atoms with Gasteiger partial charge < -0.3 is 19.7 Å². The van der Waals surface area contributed by atoms with Crippen molar-refractivity contribution in [2.24, 2.45) is 11.8 Å². The molecule has 1 aromatic rings. The highest BCUT2D eigenvalue weighted by Gasteiger charge is 2.20. The number of likely N-dealkylation sites (tertiary alicyclic amines) is 1. The first-order valence-corrected chi connectivity index (χ1v) is 9.88. The summed E-state index contributed by atoms with van der Waals surface area (Å²) in [6.07, 6.45) is 3.50. The van der Waals surface area contributed by atoms with Crippen molar-refractivity contribution in [3.8, 4) is 5.75 Å². The van der Waals surface area contributed by atoms with Crippen molar-refractivity contribution in [2.75, 3.05) is 46.0 Å². The number of piperidine rings is 1. The fourth-order valence-corrected chi connectivity index (χ4v) is 3.61. The van der Waals surface area contributed by atoms with E-state index in [9.17, 15) is 4.79 Å². The zero-order valence-corrected chi connectivity index (χ0v) is 16.3. The molecular formula is C21H34N2O3. The molecule has 2 rings (SSSR count). The van der Waals surface area contributed by atoms with Crippen LogP contribution in [0, 0.1) is 11.8 Å². The number of hydrogen-bond donors (Lipinski definition) is 1. The molecule has 1 heterocycles. The number of benzene rings is 1. The molecular weight excluding hydrogens is 328 g/mol. The molecule has 1 N–H and O–H groups in total. The van der Waals surface area contributed by atoms with E-state index in [1.165, 1.54) is 19.5 Å². The highest BCUT2D eigenvalue weighted by Crippen LogP contribution is 2.20. The zero-order valence-electron chi connectivity index (χ0n) is 16.3. The van der Waals surface area contributed by atoms with E-state index >= 15 is 0 Å². The maximum absolute atomic E-state index is 11.7. The number of carbonyl (C=O) groups excluding carboxylic acids is 1. The van der Waals surface area contributed by atoms with Crippen LogP contribution >= 0.6 is 0 Å². The third kappa shape index (κ3) is 8.68. The second kappa shape index (κ2) is 11.9. The molecule has 0 aliphatic carbocycles. The normalized spacial score (nSPS) is 20.7. The summed E-state index contributed by atoms with van der Waals surface area (Å²) in [4.78, 5) is 14.3. The quantitative estimate of drug-likeness (QED) is 0.615. The maximum Gasteiger partial charge on any atom is 0.246 e. The number of rotatable bonds is 11. The molecule has 2 atom stereocenters. The minimum Gasteiger partial charge on any atom is -0.491 e. The molecule has 1 fully saturated rings. The maximum atomic E-state index is 11.7. The fourth-order valence-electron chi connectivity index (χ4n) is 3.61. The van der Waals surface area contributed by atoms with Gasteiger partial charge in [-0.2, -0.15) is 0 Å². The van der Waals surface area contributed by atoms with Crippen molar-refractivity contribution in [1.29, 1.82) is 0 Å². The van der Waals surface area contributed by atoms with Gasteiger partial charge in [-0.1, -0.05) is 32.0 Å². The lowest BCUT2D eigenvalue weighted by molar-refractivity contribution is -0.125. The number of para-hydroxylation sites is 1. The topological polar surface area (TPSA) is 50.8 Å². The summed E-state index contributed by atoms with van der Waals surface area (Å²) in [5, 5.41) is 2.92. The minimum absolute atomic E-state index is 0.0510. The molecule has 146 valence electrons. The zero-order chi connectivity index (χ0) is 18.6. The predicted molar refractivity (Wildman–Crippen MR) is 104 cm³/mol. The van der Waals surface area contributed by atoms with Gasteiger partial charge in [0.15, 0.2) is 0 Å². The Kier molecular flexibility index (Phi) is 9.50. The van der Waals surface area contributed by atoms with Crippen LogP contribution in [0.4, 0.5) is 0 Å². The molecule has 0 bridgehead atoms. The molecule has 1 aromatic carbocycles. The van der Waals surface area contributed by atoms with E-state index in [4.69, 9.17) is 9.47 Å². The number of ether oxygens (including phenoxy) is 2. The van der Waals surface area contributed by atoms with Crippen molar-refractivity contribution in [1.82, 2.24) is 10.2 Å². The number of unbranched alkanes of at least 4 members (excludes halogenated alkanes) is 1. The van der Waals surface area contributed by atoms with Gasteiger partial charge in [-0.05, 0) is 49.8 Å². The number of hydrogen-bond acceptors (Lipinski definition) is 4. The van der Waals surface area contributed by atoms with Gasteiger partial charge in [-0.15, -0.1) is 0 Å². The standard InChI is InChI=1S/C21H34N2O3/c1-18-14-19(2)16-23(15-18)11-7-6-10-22-21(24)17-25-12-13-26-20-8-4-3-5-9-20/h3-5,8-9,18-19H,6-7,10-17H2,1-2H3,(H,22,24). The van der Waals surface area contributed by atoms with E-state index in [1.807, 2.05) is 30.3 Å². The first-order chi connectivity index (χ1) is 12.6. The third-order valence-electron chi connectivity index (χ3n) is 4.64. The highest BCUT2D eigenvalue weighted by atomic mass is 16.5. The van der Waals surface area contributed by atoms with E-state index in [2.05, 4.69) is 24.1 Å². The van der Waals surface area contributed by atoms with Crippen LogP contribution < -0.4 is 10.1 Å². The predicted octanol–water partition coefficient (Wildman–Crippen LogP) is 2.96. The summed E-state index contributed by atoms with van der Waals surface area (Å²) < 4.78 is 10.9. The Morgan fingerprint density at radius 3 is 2.58 bits per heavy atom. The Bertz CT molecular complexity index is 499. The van der Waals surface area contributed by atoms with Gasteiger partial charge in [-0.3, -0.25) is 4.79 Å². The lowest BCUT2D eigenvalue weighted by Crippen LogP contribution is -2.39. The second-order valence-electron chi connectivity index (χ2n) is 7.48. The minimum atomic E-state index is -0.0510. The summed E-state index contributed by atoms with van der Waals surface area (Å²) in [5.74, 6) is 2.38. The Morgan fingerprint density at radius 1 is 1.12 bits per heavy atom. The van der Waals surface area contributed by atoms with E-state index in [0.717, 1.165) is 43.5 Å². The van der Waals surface area contributed by atoms with Crippen molar-refractivity contribution in [2.45, 2.75) is 33.1 Å². The smallest absolute Gasteiger partial charge is 0.246 e. The molecule has 1 aliphatic rings. The van der Waals surface area contributed by atoms with Gasteiger partial charge in [0.05, 0.1) is 6.61 Å². The number of carbonyl (C=O) groups is 1. The third-order valence-corrected chi connectivity index (χ3v) is 4.64. The van der Waals surface area contributed by atoms with Crippen LogP contribution in [0.3, 0.4) is 0 Å². The summed E-state index contributed by atoms with van der Waals surface area (Å²) in [6, 6.07) is 9.60. The Balaban J connectivity index is 1.41. The Labute approximate surface area is 158 Å². The van der Waals surface area contributed by atoms with Crippen LogP contribution in [0.25, 0.3) is 0 Å². The first-order valence-electron chi connectivity index (χ1n) is 9.88. The summed E-state index contributed by atoms with van der Waals surface area (Å²) in [6.45, 7) is 9.93. The van der Waals surface area contributed by atoms with Crippen molar-refractivity contribution in [3.05, 3.63) is 30.3 Å². The first kappa shape index (κ1) is 20.7. The SMILES string of the molecule is CC1CC(C)CN(CCCCNC(=O)COCCOc2ccccc2)C1. The number of nitrogens with zero attached hydrogens (tertiary/aromatic N) is 1. The van der Waals surface area contributed by atoms with E-state index in [1.54, 1.807) is 0 Å². The average Bonchev–Trinajstić information content (AvgIpc) is 2.61. The molecule has 0 radical (unpaired) electrons. The summed E-state index contributed by atoms with van der Waals surface area (Å²) in [5.41, 5.74) is 0. The van der Waals surface area contributed by atoms with Crippen LogP contribution in [0.1, 0.15) is 33.1 Å². The monoisotopic (exact) mass is 362 g/mol. The second-order valence-corrected chi connectivity index (χ2v) is 7.48. The molecule has 2 unspecified atom stereocenters. The molecule has 1 amide bonds. The molecule has 26 heavy (non-hydrogen) atoms. The lowest BCUT2D eigenvalue weighted by Gasteiger charge is -2.34. The van der Waals surface area contributed by atoms with Gasteiger partial charge in [0.25, 0.3) is 0 Å². The van der Waals surface area contributed by atoms with Crippen LogP contribution in [0.5, 0.6) is 5.75 Å². The largest absolute Gasteiger partial charge is 0.491 e. The molecule has 0 spiro atoms. The van der Waals surface area contributed by atoms with Gasteiger partial charge in [-0.25, -0.2) is 0 Å². The lowest BCUT2D eigenvalue weighted by atomic mass is 9.92. The van der Waals surface area contributed by atoms with Gasteiger partial charge in [0, 0.05) is 19.6 Å². The van der Waals surface area contributed by atoms with E-state index < -0.39 is 0 Å². The van der Waals surface area contributed by atoms with Crippen molar-refractivity contribution in [3.63, 3.8) is 0 Å². The molecule has 1 aliphatic heterocycles. The molecule has 0 aromatic heterocycles. The van der Waals surface area contributed by atoms with Crippen molar-refractivity contribution >= 4 is 5.91 Å². The van der Waals surface area contributed by atoms with Crippen LogP contribution in [0.2, 0.25) is 0 Å². The molecule has 1 saturated heterocycles. The van der Waals surface area contributed by atoms with Crippen molar-refractivity contribution < 1.29 is 14.3 Å². The van der Waals surface area contributed by atoms with Crippen LogP contribution in [-0.4, -0.2) is 56.8 Å². The van der Waals surface area contributed by atoms with Gasteiger partial charge in [0.2, 0.25) is 5.91 Å². The van der Waals surface area contributed by atoms with Crippen LogP contribution in [0.15, 0.2) is 30.3 Å². The number of amides is 1. The fraction of sp³-hybridized carbons (Fsp3) is 0.667. The van der Waals surface area contributed by atoms with Gasteiger partial charge in [0.1, 0.15) is 19.0 Å². The summed E-state index contributed by atoms with van der Waals surface area (Å²) >= 11 is 0. The number of nitrogens with one attached hydrogen (secondary N) is 1. The Morgan fingerprint density at radius 2 is 1.85 bits per heavy atom. The summed E-state index contributed by atoms with van der Waals surface area (Å²) in [7, 11) is 0. The van der Waals surface area contributed by atoms with E-state index in [0.29, 0.717) is 13.2 Å². The van der Waals surface area contributed by atoms with E-state index in [-0.39, 0.29) is 12.5 Å². The molecule has 5 heteroatoms. The Hall–Kier alpha value is -1.59. The van der Waals surface area contributed by atoms with Gasteiger partial charge >= 0.3 is 0 Å². The molecule has 5 nitrogen and oxygen atoms in total. The average molecular weight is 363 g/mol.